The fourth-order valence-electron chi connectivity index (χ4n) is 1.32. The van der Waals surface area contributed by atoms with E-state index < -0.39 is 0 Å². The predicted molar refractivity (Wildman–Crippen MR) is 83.1 cm³/mol. The first-order valence-corrected chi connectivity index (χ1v) is 10.3. The van der Waals surface area contributed by atoms with Crippen molar-refractivity contribution >= 4 is 47.0 Å². The van der Waals surface area contributed by atoms with Gasteiger partial charge in [-0.25, -0.2) is 0 Å². The van der Waals surface area contributed by atoms with Crippen LogP contribution in [0.3, 0.4) is 0 Å². The van der Waals surface area contributed by atoms with Gasteiger partial charge in [-0.05, 0) is 35.4 Å². The van der Waals surface area contributed by atoms with Crippen molar-refractivity contribution < 1.29 is 0 Å². The lowest BCUT2D eigenvalue weighted by molar-refractivity contribution is 0.764. The summed E-state index contributed by atoms with van der Waals surface area (Å²) in [6.07, 6.45) is 1.40. The van der Waals surface area contributed by atoms with Gasteiger partial charge >= 0.3 is 0 Å². The summed E-state index contributed by atoms with van der Waals surface area (Å²) in [5.74, 6) is 11.8. The third-order valence-electron chi connectivity index (χ3n) is 2.13. The molecule has 0 aromatic heterocycles. The number of hydrogen-bond donors (Lipinski definition) is 0. The molecule has 0 aliphatic carbocycles. The van der Waals surface area contributed by atoms with Gasteiger partial charge in [0.1, 0.15) is 0 Å². The lowest BCUT2D eigenvalue weighted by atomic mass is 10.3. The van der Waals surface area contributed by atoms with Crippen LogP contribution in [0.4, 0.5) is 0 Å². The summed E-state index contributed by atoms with van der Waals surface area (Å²) in [6, 6.07) is 0. The molecule has 15 heavy (non-hydrogen) atoms. The normalized spacial score (nSPS) is 24.6. The smallest absolute Gasteiger partial charge is 0.00236 e. The Morgan fingerprint density at radius 2 is 1.13 bits per heavy atom. The summed E-state index contributed by atoms with van der Waals surface area (Å²) in [7, 11) is 0. The van der Waals surface area contributed by atoms with Gasteiger partial charge in [-0.3, -0.25) is 0 Å². The lowest BCUT2D eigenvalue weighted by Crippen LogP contribution is -2.04. The summed E-state index contributed by atoms with van der Waals surface area (Å²) in [4.78, 5) is 0. The van der Waals surface area contributed by atoms with E-state index in [-0.39, 0.29) is 0 Å². The van der Waals surface area contributed by atoms with Gasteiger partial charge in [-0.2, -0.15) is 47.0 Å². The molecule has 0 N–H and O–H groups in total. The molecule has 0 aromatic rings. The Hall–Kier alpha value is 1.40. The molecule has 90 valence electrons. The maximum Gasteiger partial charge on any atom is 0.00236 e. The van der Waals surface area contributed by atoms with Crippen LogP contribution in [0.25, 0.3) is 0 Å². The fraction of sp³-hybridized carbons (Fsp3) is 1.00. The van der Waals surface area contributed by atoms with Crippen molar-refractivity contribution in [2.75, 3.05) is 46.0 Å². The molecule has 1 aliphatic rings. The summed E-state index contributed by atoms with van der Waals surface area (Å²) in [5.41, 5.74) is 0. The SMILES string of the molecule is CC1CSCCSCCCSCCSC1. The van der Waals surface area contributed by atoms with Crippen molar-refractivity contribution in [3.8, 4) is 0 Å². The Morgan fingerprint density at radius 1 is 0.667 bits per heavy atom. The van der Waals surface area contributed by atoms with Gasteiger partial charge in [0.25, 0.3) is 0 Å². The van der Waals surface area contributed by atoms with Crippen molar-refractivity contribution in [2.24, 2.45) is 5.92 Å². The van der Waals surface area contributed by atoms with Crippen molar-refractivity contribution in [1.82, 2.24) is 0 Å². The summed E-state index contributed by atoms with van der Waals surface area (Å²) in [6.45, 7) is 2.39. The highest BCUT2D eigenvalue weighted by Gasteiger charge is 2.03. The van der Waals surface area contributed by atoms with Crippen LogP contribution in [-0.4, -0.2) is 46.0 Å². The van der Waals surface area contributed by atoms with E-state index in [2.05, 4.69) is 54.0 Å². The molecule has 0 saturated carbocycles. The molecule has 1 saturated heterocycles. The van der Waals surface area contributed by atoms with Crippen molar-refractivity contribution in [3.63, 3.8) is 0 Å². The first kappa shape index (κ1) is 14.5. The van der Waals surface area contributed by atoms with Crippen LogP contribution in [-0.2, 0) is 0 Å². The average molecular weight is 283 g/mol. The van der Waals surface area contributed by atoms with Crippen LogP contribution in [0.5, 0.6) is 0 Å². The van der Waals surface area contributed by atoms with Gasteiger partial charge in [0.2, 0.25) is 0 Å². The standard InChI is InChI=1S/C11H22S4/c1-11-9-14-7-5-12-3-2-4-13-6-8-15-10-11/h11H,2-10H2,1H3. The van der Waals surface area contributed by atoms with E-state index in [0.29, 0.717) is 0 Å². The topological polar surface area (TPSA) is 0 Å². The molecule has 1 heterocycles. The van der Waals surface area contributed by atoms with E-state index in [9.17, 15) is 0 Å². The second-order valence-electron chi connectivity index (χ2n) is 3.83. The van der Waals surface area contributed by atoms with Crippen molar-refractivity contribution in [3.05, 3.63) is 0 Å². The Morgan fingerprint density at radius 3 is 1.67 bits per heavy atom. The summed E-state index contributed by atoms with van der Waals surface area (Å²) < 4.78 is 0. The third kappa shape index (κ3) is 9.13. The third-order valence-corrected chi connectivity index (χ3v) is 7.38. The largest absolute Gasteiger partial charge is 0.161 e. The van der Waals surface area contributed by atoms with Crippen molar-refractivity contribution in [2.45, 2.75) is 13.3 Å². The molecule has 0 atom stereocenters. The minimum Gasteiger partial charge on any atom is -0.161 e. The predicted octanol–water partition coefficient (Wildman–Crippen LogP) is 3.96. The van der Waals surface area contributed by atoms with E-state index >= 15 is 0 Å². The molecular formula is C11H22S4. The molecule has 0 unspecified atom stereocenters. The molecule has 1 rings (SSSR count). The zero-order valence-corrected chi connectivity index (χ0v) is 12.8. The van der Waals surface area contributed by atoms with E-state index in [1.807, 2.05) is 0 Å². The Labute approximate surface area is 112 Å². The molecule has 0 aromatic carbocycles. The Balaban J connectivity index is 2.10. The van der Waals surface area contributed by atoms with Crippen LogP contribution < -0.4 is 0 Å². The Kier molecular flexibility index (Phi) is 10.2. The maximum absolute atomic E-state index is 2.39. The van der Waals surface area contributed by atoms with Crippen LogP contribution in [0.2, 0.25) is 0 Å². The molecular weight excluding hydrogens is 260 g/mol. The Bertz CT molecular complexity index is 127. The second-order valence-corrected chi connectivity index (χ2v) is 8.58. The second kappa shape index (κ2) is 10.5. The number of hydrogen-bond acceptors (Lipinski definition) is 4. The first-order chi connectivity index (χ1) is 7.39. The molecule has 4 heteroatoms. The van der Waals surface area contributed by atoms with Gasteiger partial charge in [0.15, 0.2) is 0 Å². The van der Waals surface area contributed by atoms with Crippen LogP contribution in [0.15, 0.2) is 0 Å². The highest BCUT2D eigenvalue weighted by atomic mass is 32.2. The molecule has 1 aliphatic heterocycles. The molecule has 0 bridgehead atoms. The van der Waals surface area contributed by atoms with E-state index in [1.165, 1.54) is 52.4 Å². The van der Waals surface area contributed by atoms with Gasteiger partial charge in [0.05, 0.1) is 0 Å². The molecule has 0 spiro atoms. The lowest BCUT2D eigenvalue weighted by Gasteiger charge is -2.11. The summed E-state index contributed by atoms with van der Waals surface area (Å²) in [5, 5.41) is 0. The molecule has 1 fully saturated rings. The zero-order valence-electron chi connectivity index (χ0n) is 9.57. The van der Waals surface area contributed by atoms with Gasteiger partial charge in [-0.1, -0.05) is 6.92 Å². The van der Waals surface area contributed by atoms with Crippen LogP contribution in [0.1, 0.15) is 13.3 Å². The highest BCUT2D eigenvalue weighted by molar-refractivity contribution is 8.03. The van der Waals surface area contributed by atoms with Gasteiger partial charge in [0, 0.05) is 23.0 Å². The summed E-state index contributed by atoms with van der Waals surface area (Å²) >= 11 is 8.58. The zero-order chi connectivity index (χ0) is 10.8. The number of thioether (sulfide) groups is 4. The van der Waals surface area contributed by atoms with E-state index in [1.54, 1.807) is 0 Å². The van der Waals surface area contributed by atoms with Gasteiger partial charge < -0.3 is 0 Å². The first-order valence-electron chi connectivity index (χ1n) is 5.70. The minimum absolute atomic E-state index is 0.901. The molecule has 0 radical (unpaired) electrons. The average Bonchev–Trinajstić information content (AvgIpc) is 2.24. The van der Waals surface area contributed by atoms with Crippen molar-refractivity contribution in [1.29, 1.82) is 0 Å². The molecule has 0 amide bonds. The van der Waals surface area contributed by atoms with E-state index in [4.69, 9.17) is 0 Å². The van der Waals surface area contributed by atoms with Crippen LogP contribution in [0, 0.1) is 5.92 Å². The minimum atomic E-state index is 0.901. The highest BCUT2D eigenvalue weighted by Crippen LogP contribution is 2.18. The van der Waals surface area contributed by atoms with E-state index in [0.717, 1.165) is 5.92 Å². The quantitative estimate of drug-likeness (QED) is 0.659. The fourth-order valence-corrected chi connectivity index (χ4v) is 6.02. The molecule has 0 nitrogen and oxygen atoms in total. The van der Waals surface area contributed by atoms with Gasteiger partial charge in [-0.15, -0.1) is 0 Å². The maximum atomic E-state index is 2.39. The monoisotopic (exact) mass is 282 g/mol. The van der Waals surface area contributed by atoms with Crippen LogP contribution >= 0.6 is 47.0 Å². The number of rotatable bonds is 0.